The predicted octanol–water partition coefficient (Wildman–Crippen LogP) is 3.81. The fourth-order valence-corrected chi connectivity index (χ4v) is 3.12. The molecule has 0 radical (unpaired) electrons. The fourth-order valence-electron chi connectivity index (χ4n) is 3.12. The molecule has 8 heteroatoms. The molecule has 0 unspecified atom stereocenters. The van der Waals surface area contributed by atoms with Crippen molar-refractivity contribution in [2.45, 2.75) is 27.4 Å². The molecule has 0 saturated carbocycles. The molecule has 0 aliphatic carbocycles. The molecular formula is C24H23N3O5. The Bertz CT molecular complexity index is 1340. The summed E-state index contributed by atoms with van der Waals surface area (Å²) in [4.78, 5) is 28.7. The summed E-state index contributed by atoms with van der Waals surface area (Å²) in [5.41, 5.74) is 3.44. The molecule has 0 fully saturated rings. The molecule has 0 spiro atoms. The number of nitrogens with zero attached hydrogens (tertiary/aromatic N) is 2. The maximum Gasteiger partial charge on any atom is 0.287 e. The number of rotatable bonds is 7. The van der Waals surface area contributed by atoms with Crippen molar-refractivity contribution in [3.8, 4) is 11.5 Å². The fraction of sp³-hybridized carbons (Fsp3) is 0.208. The molecular weight excluding hydrogens is 410 g/mol. The Balaban J connectivity index is 1.35. The van der Waals surface area contributed by atoms with Crippen LogP contribution < -0.4 is 20.3 Å². The van der Waals surface area contributed by atoms with E-state index < -0.39 is 0 Å². The Hall–Kier alpha value is -4.07. The third kappa shape index (κ3) is 4.97. The number of carbonyl (C=O) groups is 1. The van der Waals surface area contributed by atoms with Crippen LogP contribution in [0.1, 0.15) is 22.6 Å². The Kier molecular flexibility index (Phi) is 5.93. The van der Waals surface area contributed by atoms with Crippen molar-refractivity contribution in [1.29, 1.82) is 0 Å². The Morgan fingerprint density at radius 1 is 1.00 bits per heavy atom. The van der Waals surface area contributed by atoms with Gasteiger partial charge in [-0.3, -0.25) is 9.59 Å². The Morgan fingerprint density at radius 2 is 1.81 bits per heavy atom. The molecule has 8 nitrogen and oxygen atoms in total. The summed E-state index contributed by atoms with van der Waals surface area (Å²) in [5, 5.41) is 2.79. The van der Waals surface area contributed by atoms with Crippen LogP contribution in [0.25, 0.3) is 5.65 Å². The van der Waals surface area contributed by atoms with Gasteiger partial charge in [0, 0.05) is 23.9 Å². The summed E-state index contributed by atoms with van der Waals surface area (Å²) in [6.45, 7) is 5.76. The van der Waals surface area contributed by atoms with Gasteiger partial charge in [-0.15, -0.1) is 4.57 Å². The lowest BCUT2D eigenvalue weighted by Gasteiger charge is -2.10. The lowest BCUT2D eigenvalue weighted by molar-refractivity contribution is -0.118. The van der Waals surface area contributed by atoms with Crippen molar-refractivity contribution in [3.05, 3.63) is 87.5 Å². The minimum Gasteiger partial charge on any atom is -0.487 e. The largest absolute Gasteiger partial charge is 0.487 e. The van der Waals surface area contributed by atoms with Gasteiger partial charge in [0.25, 0.3) is 11.5 Å². The number of aryl methyl sites for hydroxylation is 3. The maximum absolute atomic E-state index is 12.3. The van der Waals surface area contributed by atoms with Crippen LogP contribution in [0.15, 0.2) is 63.9 Å². The normalized spacial score (nSPS) is 10.8. The van der Waals surface area contributed by atoms with E-state index in [2.05, 4.69) is 10.3 Å². The van der Waals surface area contributed by atoms with E-state index in [-0.39, 0.29) is 24.7 Å². The summed E-state index contributed by atoms with van der Waals surface area (Å²) in [6.07, 6.45) is 0. The van der Waals surface area contributed by atoms with Crippen molar-refractivity contribution < 1.29 is 18.8 Å². The zero-order chi connectivity index (χ0) is 22.7. The van der Waals surface area contributed by atoms with Crippen LogP contribution in [0.4, 0.5) is 5.69 Å². The second-order valence-electron chi connectivity index (χ2n) is 7.48. The molecule has 4 rings (SSSR count). The quantitative estimate of drug-likeness (QED) is 0.476. The van der Waals surface area contributed by atoms with Gasteiger partial charge in [0.1, 0.15) is 23.9 Å². The van der Waals surface area contributed by atoms with Gasteiger partial charge in [-0.25, -0.2) is 4.98 Å². The molecule has 2 aromatic carbocycles. The highest BCUT2D eigenvalue weighted by atomic mass is 16.5. The number of hydrogen-bond donors (Lipinski definition) is 1. The highest BCUT2D eigenvalue weighted by molar-refractivity contribution is 5.92. The summed E-state index contributed by atoms with van der Waals surface area (Å²) in [7, 11) is 0. The molecule has 4 aromatic rings. The van der Waals surface area contributed by atoms with Gasteiger partial charge in [0.15, 0.2) is 12.3 Å². The van der Waals surface area contributed by atoms with Gasteiger partial charge in [-0.05, 0) is 56.2 Å². The minimum absolute atomic E-state index is 0.100. The number of nitrogens with one attached hydrogen (secondary N) is 1. The zero-order valence-corrected chi connectivity index (χ0v) is 18.0. The Morgan fingerprint density at radius 3 is 2.62 bits per heavy atom. The van der Waals surface area contributed by atoms with Gasteiger partial charge in [0.05, 0.1) is 5.69 Å². The first kappa shape index (κ1) is 21.2. The van der Waals surface area contributed by atoms with Crippen molar-refractivity contribution in [3.63, 3.8) is 0 Å². The monoisotopic (exact) mass is 433 g/mol. The van der Waals surface area contributed by atoms with E-state index in [9.17, 15) is 9.59 Å². The third-order valence-electron chi connectivity index (χ3n) is 4.88. The van der Waals surface area contributed by atoms with Crippen LogP contribution in [0, 0.1) is 20.8 Å². The van der Waals surface area contributed by atoms with Gasteiger partial charge in [-0.2, -0.15) is 0 Å². The zero-order valence-electron chi connectivity index (χ0n) is 18.0. The summed E-state index contributed by atoms with van der Waals surface area (Å²) in [5.74, 6) is 1.49. The molecule has 0 atom stereocenters. The average Bonchev–Trinajstić information content (AvgIpc) is 3.14. The highest BCUT2D eigenvalue weighted by Gasteiger charge is 2.09. The predicted molar refractivity (Wildman–Crippen MR) is 119 cm³/mol. The molecule has 0 saturated heterocycles. The standard InChI is InChI=1S/C24H23N3O5/c1-15-7-8-21(9-16(15)2)31-14-23(28)26-18-5-4-6-20(11-18)30-13-19-12-24(29)27-22(25-19)10-17(3)32-27/h4-12H,13-14H2,1-3H3,(H,26,28). The van der Waals surface area contributed by atoms with Crippen molar-refractivity contribution in [2.75, 3.05) is 11.9 Å². The minimum atomic E-state index is -0.313. The molecule has 2 heterocycles. The SMILES string of the molecule is Cc1cc2nc(COc3cccc(NC(=O)COc4ccc(C)c(C)c4)c3)cc(=O)n2o1. The van der Waals surface area contributed by atoms with Gasteiger partial charge >= 0.3 is 0 Å². The second-order valence-corrected chi connectivity index (χ2v) is 7.48. The van der Waals surface area contributed by atoms with Crippen molar-refractivity contribution >= 4 is 17.2 Å². The van der Waals surface area contributed by atoms with E-state index >= 15 is 0 Å². The number of benzene rings is 2. The number of amides is 1. The highest BCUT2D eigenvalue weighted by Crippen LogP contribution is 2.19. The summed E-state index contributed by atoms with van der Waals surface area (Å²) in [6, 6.07) is 15.7. The lowest BCUT2D eigenvalue weighted by atomic mass is 10.1. The molecule has 1 amide bonds. The molecule has 164 valence electrons. The lowest BCUT2D eigenvalue weighted by Crippen LogP contribution is -2.20. The number of aromatic nitrogens is 2. The number of anilines is 1. The first-order valence-corrected chi connectivity index (χ1v) is 10.1. The number of carbonyl (C=O) groups excluding carboxylic acids is 1. The van der Waals surface area contributed by atoms with E-state index in [0.717, 1.165) is 10.1 Å². The van der Waals surface area contributed by atoms with Crippen LogP contribution in [-0.2, 0) is 11.4 Å². The van der Waals surface area contributed by atoms with Crippen LogP contribution in [0.5, 0.6) is 11.5 Å². The third-order valence-corrected chi connectivity index (χ3v) is 4.88. The topological polar surface area (TPSA) is 95.1 Å². The molecule has 0 aliphatic heterocycles. The van der Waals surface area contributed by atoms with Crippen LogP contribution in [-0.4, -0.2) is 22.1 Å². The molecule has 32 heavy (non-hydrogen) atoms. The number of hydrogen-bond acceptors (Lipinski definition) is 6. The number of ether oxygens (including phenoxy) is 2. The molecule has 1 N–H and O–H groups in total. The van der Waals surface area contributed by atoms with Gasteiger partial charge < -0.3 is 19.3 Å². The first-order valence-electron chi connectivity index (χ1n) is 10.1. The summed E-state index contributed by atoms with van der Waals surface area (Å²) >= 11 is 0. The Labute approximate surface area is 184 Å². The van der Waals surface area contributed by atoms with E-state index in [4.69, 9.17) is 14.0 Å². The summed E-state index contributed by atoms with van der Waals surface area (Å²) < 4.78 is 17.7. The maximum atomic E-state index is 12.3. The first-order chi connectivity index (χ1) is 15.4. The number of fused-ring (bicyclic) bond motifs is 1. The molecule has 0 aliphatic rings. The van der Waals surface area contributed by atoms with E-state index in [1.807, 2.05) is 32.0 Å². The smallest absolute Gasteiger partial charge is 0.287 e. The average molecular weight is 433 g/mol. The second kappa shape index (κ2) is 8.97. The van der Waals surface area contributed by atoms with Crippen LogP contribution in [0.3, 0.4) is 0 Å². The van der Waals surface area contributed by atoms with Crippen molar-refractivity contribution in [2.24, 2.45) is 0 Å². The van der Waals surface area contributed by atoms with E-state index in [1.165, 1.54) is 11.6 Å². The van der Waals surface area contributed by atoms with Crippen LogP contribution in [0.2, 0.25) is 0 Å². The van der Waals surface area contributed by atoms with E-state index in [1.54, 1.807) is 37.3 Å². The molecule has 0 bridgehead atoms. The van der Waals surface area contributed by atoms with E-state index in [0.29, 0.717) is 34.3 Å². The van der Waals surface area contributed by atoms with Gasteiger partial charge in [0.2, 0.25) is 0 Å². The van der Waals surface area contributed by atoms with Gasteiger partial charge in [-0.1, -0.05) is 12.1 Å². The van der Waals surface area contributed by atoms with Crippen LogP contribution >= 0.6 is 0 Å². The van der Waals surface area contributed by atoms with Crippen molar-refractivity contribution in [1.82, 2.24) is 9.56 Å². The molecule has 2 aromatic heterocycles.